The van der Waals surface area contributed by atoms with Gasteiger partial charge in [-0.1, -0.05) is 0 Å². The maximum absolute atomic E-state index is 11.2. The molecule has 2 rings (SSSR count). The third-order valence-corrected chi connectivity index (χ3v) is 2.65. The molecule has 15 heavy (non-hydrogen) atoms. The number of nitrogens with one attached hydrogen (secondary N) is 1. The summed E-state index contributed by atoms with van der Waals surface area (Å²) in [7, 11) is 0. The maximum atomic E-state index is 11.2. The lowest BCUT2D eigenvalue weighted by Gasteiger charge is -2.21. The first-order chi connectivity index (χ1) is 7.20. The van der Waals surface area contributed by atoms with E-state index in [0.29, 0.717) is 12.8 Å². The van der Waals surface area contributed by atoms with Crippen molar-refractivity contribution in [1.29, 1.82) is 0 Å². The quantitative estimate of drug-likeness (QED) is 0.715. The molecule has 0 aliphatic carbocycles. The second kappa shape index (κ2) is 3.84. The van der Waals surface area contributed by atoms with Crippen molar-refractivity contribution in [2.75, 3.05) is 0 Å². The van der Waals surface area contributed by atoms with Gasteiger partial charge in [0.25, 0.3) is 0 Å². The van der Waals surface area contributed by atoms with E-state index in [1.54, 1.807) is 12.5 Å². The van der Waals surface area contributed by atoms with E-state index in [9.17, 15) is 9.59 Å². The molecule has 1 aliphatic heterocycles. The van der Waals surface area contributed by atoms with Gasteiger partial charge in [-0.15, -0.1) is 0 Å². The lowest BCUT2D eigenvalue weighted by molar-refractivity contribution is -0.133. The minimum absolute atomic E-state index is 0.0197. The molecule has 0 spiro atoms. The molecule has 1 N–H and O–H groups in total. The van der Waals surface area contributed by atoms with E-state index in [4.69, 9.17) is 0 Å². The number of imidazole rings is 1. The van der Waals surface area contributed by atoms with Crippen molar-refractivity contribution < 1.29 is 9.59 Å². The minimum Gasteiger partial charge on any atom is -0.335 e. The molecule has 0 saturated carbocycles. The van der Waals surface area contributed by atoms with Gasteiger partial charge >= 0.3 is 0 Å². The molecule has 0 aromatic carbocycles. The van der Waals surface area contributed by atoms with E-state index in [1.165, 1.54) is 0 Å². The van der Waals surface area contributed by atoms with Gasteiger partial charge in [-0.05, 0) is 6.92 Å². The highest BCUT2D eigenvalue weighted by molar-refractivity contribution is 5.98. The number of hydrogen-bond acceptors (Lipinski definition) is 3. The predicted molar refractivity (Wildman–Crippen MR) is 53.0 cm³/mol. The molecule has 1 aliphatic rings. The van der Waals surface area contributed by atoms with Crippen LogP contribution in [0.25, 0.3) is 0 Å². The summed E-state index contributed by atoms with van der Waals surface area (Å²) in [5.74, 6) is -0.408. The topological polar surface area (TPSA) is 64.0 Å². The Labute approximate surface area is 87.5 Å². The summed E-state index contributed by atoms with van der Waals surface area (Å²) in [6.07, 6.45) is 4.21. The zero-order valence-corrected chi connectivity index (χ0v) is 8.56. The number of piperidine rings is 1. The largest absolute Gasteiger partial charge is 0.335 e. The third-order valence-electron chi connectivity index (χ3n) is 2.65. The second-order valence-corrected chi connectivity index (χ2v) is 3.68. The molecule has 0 bridgehead atoms. The van der Waals surface area contributed by atoms with Gasteiger partial charge in [0.15, 0.2) is 0 Å². The van der Waals surface area contributed by atoms with Crippen molar-refractivity contribution in [3.63, 3.8) is 0 Å². The Balaban J connectivity index is 2.23. The Bertz CT molecular complexity index is 381. The fourth-order valence-corrected chi connectivity index (χ4v) is 1.92. The molecule has 5 heteroatoms. The van der Waals surface area contributed by atoms with Crippen LogP contribution in [-0.2, 0) is 16.1 Å². The standard InChI is InChI=1S/C10H13N3O2/c1-2-13-6-11-5-8(13)7-3-9(14)12-10(15)4-7/h5-7H,2-4H2,1H3,(H,12,14,15). The molecule has 1 aromatic heterocycles. The Morgan fingerprint density at radius 3 is 2.73 bits per heavy atom. The Hall–Kier alpha value is -1.65. The molecule has 0 atom stereocenters. The number of rotatable bonds is 2. The van der Waals surface area contributed by atoms with Gasteiger partial charge < -0.3 is 4.57 Å². The summed E-state index contributed by atoms with van der Waals surface area (Å²) in [5, 5.41) is 2.30. The Kier molecular flexibility index (Phi) is 2.53. The van der Waals surface area contributed by atoms with Gasteiger partial charge in [0.2, 0.25) is 11.8 Å². The van der Waals surface area contributed by atoms with Crippen LogP contribution < -0.4 is 5.32 Å². The SMILES string of the molecule is CCn1cncc1C1CC(=O)NC(=O)C1. The van der Waals surface area contributed by atoms with Gasteiger partial charge in [-0.3, -0.25) is 14.9 Å². The van der Waals surface area contributed by atoms with Crippen molar-refractivity contribution in [2.24, 2.45) is 0 Å². The highest BCUT2D eigenvalue weighted by atomic mass is 16.2. The molecule has 2 heterocycles. The second-order valence-electron chi connectivity index (χ2n) is 3.68. The van der Waals surface area contributed by atoms with E-state index < -0.39 is 0 Å². The molecule has 1 aromatic rings. The molecule has 80 valence electrons. The number of amides is 2. The van der Waals surface area contributed by atoms with Crippen molar-refractivity contribution in [3.8, 4) is 0 Å². The zero-order chi connectivity index (χ0) is 10.8. The summed E-state index contributed by atoms with van der Waals surface area (Å²) < 4.78 is 1.97. The molecule has 5 nitrogen and oxygen atoms in total. The number of imide groups is 1. The van der Waals surface area contributed by atoms with Crippen LogP contribution in [0.4, 0.5) is 0 Å². The van der Waals surface area contributed by atoms with E-state index in [1.807, 2.05) is 11.5 Å². The summed E-state index contributed by atoms with van der Waals surface area (Å²) >= 11 is 0. The molecule has 1 saturated heterocycles. The van der Waals surface area contributed by atoms with Crippen molar-refractivity contribution in [1.82, 2.24) is 14.9 Å². The van der Waals surface area contributed by atoms with E-state index in [-0.39, 0.29) is 17.7 Å². The highest BCUT2D eigenvalue weighted by Crippen LogP contribution is 2.25. The number of carbonyl (C=O) groups is 2. The van der Waals surface area contributed by atoms with Gasteiger partial charge in [0.1, 0.15) is 0 Å². The first kappa shape index (κ1) is 9.89. The van der Waals surface area contributed by atoms with Gasteiger partial charge in [-0.2, -0.15) is 0 Å². The van der Waals surface area contributed by atoms with Crippen LogP contribution in [0, 0.1) is 0 Å². The average Bonchev–Trinajstić information content (AvgIpc) is 2.63. The molecule has 1 fully saturated rings. The van der Waals surface area contributed by atoms with E-state index in [2.05, 4.69) is 10.3 Å². The average molecular weight is 207 g/mol. The summed E-state index contributed by atoms with van der Waals surface area (Å²) in [5.41, 5.74) is 0.973. The van der Waals surface area contributed by atoms with Crippen LogP contribution in [0.15, 0.2) is 12.5 Å². The number of hydrogen-bond donors (Lipinski definition) is 1. The summed E-state index contributed by atoms with van der Waals surface area (Å²) in [6, 6.07) is 0. The summed E-state index contributed by atoms with van der Waals surface area (Å²) in [6.45, 7) is 2.82. The molecular weight excluding hydrogens is 194 g/mol. The van der Waals surface area contributed by atoms with Crippen LogP contribution in [0.2, 0.25) is 0 Å². The van der Waals surface area contributed by atoms with Gasteiger partial charge in [0.05, 0.1) is 6.33 Å². The normalized spacial score (nSPS) is 17.9. The number of aryl methyl sites for hydroxylation is 1. The maximum Gasteiger partial charge on any atom is 0.227 e. The number of nitrogens with zero attached hydrogens (tertiary/aromatic N) is 2. The lowest BCUT2D eigenvalue weighted by atomic mass is 9.94. The minimum atomic E-state index is -0.194. The van der Waals surface area contributed by atoms with Crippen molar-refractivity contribution in [2.45, 2.75) is 32.2 Å². The van der Waals surface area contributed by atoms with Crippen molar-refractivity contribution in [3.05, 3.63) is 18.2 Å². The number of aromatic nitrogens is 2. The predicted octanol–water partition coefficient (Wildman–Crippen LogP) is 0.423. The number of carbonyl (C=O) groups excluding carboxylic acids is 2. The van der Waals surface area contributed by atoms with Crippen LogP contribution in [0.3, 0.4) is 0 Å². The van der Waals surface area contributed by atoms with Gasteiger partial charge in [0, 0.05) is 37.2 Å². The van der Waals surface area contributed by atoms with Gasteiger partial charge in [-0.25, -0.2) is 4.98 Å². The zero-order valence-electron chi connectivity index (χ0n) is 8.56. The molecule has 0 radical (unpaired) electrons. The Morgan fingerprint density at radius 1 is 1.47 bits per heavy atom. The highest BCUT2D eigenvalue weighted by Gasteiger charge is 2.27. The first-order valence-electron chi connectivity index (χ1n) is 5.03. The molecule has 2 amide bonds. The van der Waals surface area contributed by atoms with Crippen LogP contribution in [0.5, 0.6) is 0 Å². The third kappa shape index (κ3) is 1.91. The molecule has 0 unspecified atom stereocenters. The van der Waals surface area contributed by atoms with Crippen LogP contribution >= 0.6 is 0 Å². The summed E-state index contributed by atoms with van der Waals surface area (Å²) in [4.78, 5) is 26.5. The lowest BCUT2D eigenvalue weighted by Crippen LogP contribution is -2.38. The fraction of sp³-hybridized carbons (Fsp3) is 0.500. The van der Waals surface area contributed by atoms with Crippen LogP contribution in [0.1, 0.15) is 31.4 Å². The van der Waals surface area contributed by atoms with Crippen LogP contribution in [-0.4, -0.2) is 21.4 Å². The fourth-order valence-electron chi connectivity index (χ4n) is 1.92. The molecular formula is C10H13N3O2. The van der Waals surface area contributed by atoms with E-state index in [0.717, 1.165) is 12.2 Å². The smallest absolute Gasteiger partial charge is 0.227 e. The Morgan fingerprint density at radius 2 is 2.13 bits per heavy atom. The van der Waals surface area contributed by atoms with E-state index >= 15 is 0 Å². The monoisotopic (exact) mass is 207 g/mol. The first-order valence-corrected chi connectivity index (χ1v) is 5.03. The van der Waals surface area contributed by atoms with Crippen molar-refractivity contribution >= 4 is 11.8 Å².